The molecule has 2 heterocycles. The van der Waals surface area contributed by atoms with Crippen LogP contribution in [0.4, 0.5) is 0 Å². The first-order valence-corrected chi connectivity index (χ1v) is 7.53. The molecule has 2 aliphatic rings. The molecule has 0 aliphatic carbocycles. The number of hydrogen-bond donors (Lipinski definition) is 1. The van der Waals surface area contributed by atoms with E-state index < -0.39 is 9.84 Å². The van der Waals surface area contributed by atoms with E-state index in [1.54, 1.807) is 0 Å². The molecule has 2 aliphatic heterocycles. The summed E-state index contributed by atoms with van der Waals surface area (Å²) in [7, 11) is -2.83. The van der Waals surface area contributed by atoms with Crippen LogP contribution in [0.3, 0.4) is 0 Å². The van der Waals surface area contributed by atoms with Crippen molar-refractivity contribution in [1.29, 1.82) is 0 Å². The number of sulfone groups is 1. The summed E-state index contributed by atoms with van der Waals surface area (Å²) in [6.07, 6.45) is 0.864. The lowest BCUT2D eigenvalue weighted by Gasteiger charge is -2.38. The van der Waals surface area contributed by atoms with E-state index in [9.17, 15) is 8.42 Å². The molecule has 0 spiro atoms. The first-order valence-electron chi connectivity index (χ1n) is 5.71. The molecule has 0 radical (unpaired) electrons. The summed E-state index contributed by atoms with van der Waals surface area (Å²) >= 11 is 0. The monoisotopic (exact) mass is 248 g/mol. The minimum absolute atomic E-state index is 0.0692. The van der Waals surface area contributed by atoms with Crippen molar-refractivity contribution in [3.63, 3.8) is 0 Å². The van der Waals surface area contributed by atoms with E-state index in [1.807, 2.05) is 6.92 Å². The Kier molecular flexibility index (Phi) is 3.27. The van der Waals surface area contributed by atoms with E-state index in [0.29, 0.717) is 13.2 Å². The van der Waals surface area contributed by atoms with Crippen molar-refractivity contribution in [2.24, 2.45) is 5.73 Å². The zero-order valence-corrected chi connectivity index (χ0v) is 10.5. The molecule has 6 heteroatoms. The fourth-order valence-electron chi connectivity index (χ4n) is 2.42. The third-order valence-corrected chi connectivity index (χ3v) is 5.25. The van der Waals surface area contributed by atoms with Crippen molar-refractivity contribution in [3.05, 3.63) is 0 Å². The van der Waals surface area contributed by atoms with Crippen molar-refractivity contribution >= 4 is 9.84 Å². The summed E-state index contributed by atoms with van der Waals surface area (Å²) < 4.78 is 28.2. The third-order valence-electron chi connectivity index (χ3n) is 3.46. The number of hydrogen-bond acceptors (Lipinski definition) is 5. The number of nitrogens with zero attached hydrogens (tertiary/aromatic N) is 1. The fourth-order valence-corrected chi connectivity index (χ4v) is 4.05. The highest BCUT2D eigenvalue weighted by Crippen LogP contribution is 2.20. The highest BCUT2D eigenvalue weighted by atomic mass is 32.2. The van der Waals surface area contributed by atoms with Gasteiger partial charge in [0.05, 0.1) is 23.7 Å². The van der Waals surface area contributed by atoms with Crippen molar-refractivity contribution in [2.75, 3.05) is 37.8 Å². The lowest BCUT2D eigenvalue weighted by atomic mass is 9.99. The molecule has 5 nitrogen and oxygen atoms in total. The molecule has 16 heavy (non-hydrogen) atoms. The van der Waals surface area contributed by atoms with Crippen LogP contribution in [0.15, 0.2) is 0 Å². The van der Waals surface area contributed by atoms with Gasteiger partial charge in [0.15, 0.2) is 9.84 Å². The van der Waals surface area contributed by atoms with E-state index >= 15 is 0 Å². The van der Waals surface area contributed by atoms with Gasteiger partial charge in [-0.2, -0.15) is 0 Å². The van der Waals surface area contributed by atoms with Crippen molar-refractivity contribution in [3.8, 4) is 0 Å². The van der Waals surface area contributed by atoms with E-state index in [4.69, 9.17) is 10.5 Å². The second-order valence-corrected chi connectivity index (χ2v) is 7.33. The Morgan fingerprint density at radius 3 is 2.88 bits per heavy atom. The molecule has 2 atom stereocenters. The van der Waals surface area contributed by atoms with Gasteiger partial charge in [-0.25, -0.2) is 8.42 Å². The molecular formula is C10H20N2O3S. The van der Waals surface area contributed by atoms with Gasteiger partial charge >= 0.3 is 0 Å². The van der Waals surface area contributed by atoms with E-state index in [-0.39, 0.29) is 23.1 Å². The zero-order valence-electron chi connectivity index (χ0n) is 9.68. The van der Waals surface area contributed by atoms with E-state index in [1.165, 1.54) is 0 Å². The fraction of sp³-hybridized carbons (Fsp3) is 1.00. The normalized spacial score (nSPS) is 40.0. The minimum Gasteiger partial charge on any atom is -0.379 e. The molecule has 0 saturated carbocycles. The largest absolute Gasteiger partial charge is 0.379 e. The summed E-state index contributed by atoms with van der Waals surface area (Å²) in [5.74, 6) is 0.512. The molecule has 0 aromatic carbocycles. The number of ether oxygens (including phenoxy) is 1. The van der Waals surface area contributed by atoms with Crippen LogP contribution in [-0.2, 0) is 14.6 Å². The van der Waals surface area contributed by atoms with Crippen LogP contribution in [0.2, 0.25) is 0 Å². The Bertz CT molecular complexity index is 349. The molecule has 2 saturated heterocycles. The van der Waals surface area contributed by atoms with Gasteiger partial charge in [-0.05, 0) is 13.3 Å². The maximum atomic E-state index is 11.4. The van der Waals surface area contributed by atoms with Crippen LogP contribution in [0, 0.1) is 0 Å². The summed E-state index contributed by atoms with van der Waals surface area (Å²) in [4.78, 5) is 2.18. The highest BCUT2D eigenvalue weighted by molar-refractivity contribution is 7.91. The standard InChI is InChI=1S/C10H20N2O3S/c1-9-6-16(13,14)5-3-12(9)7-10(11)2-4-15-8-10/h9H,2-8,11H2,1H3. The molecule has 0 aromatic rings. The highest BCUT2D eigenvalue weighted by Gasteiger charge is 2.36. The van der Waals surface area contributed by atoms with Gasteiger partial charge in [-0.15, -0.1) is 0 Å². The van der Waals surface area contributed by atoms with Crippen molar-refractivity contribution < 1.29 is 13.2 Å². The van der Waals surface area contributed by atoms with Crippen LogP contribution < -0.4 is 5.73 Å². The van der Waals surface area contributed by atoms with Crippen LogP contribution in [0.25, 0.3) is 0 Å². The Morgan fingerprint density at radius 2 is 2.31 bits per heavy atom. The average Bonchev–Trinajstić information content (AvgIpc) is 2.57. The average molecular weight is 248 g/mol. The molecule has 2 rings (SSSR count). The number of nitrogens with two attached hydrogens (primary N) is 1. The number of rotatable bonds is 2. The Balaban J connectivity index is 1.96. The lowest BCUT2D eigenvalue weighted by molar-refractivity contribution is 0.139. The molecule has 2 unspecified atom stereocenters. The lowest BCUT2D eigenvalue weighted by Crippen LogP contribution is -2.57. The maximum absolute atomic E-state index is 11.4. The topological polar surface area (TPSA) is 72.6 Å². The van der Waals surface area contributed by atoms with Gasteiger partial charge in [0.2, 0.25) is 0 Å². The van der Waals surface area contributed by atoms with Gasteiger partial charge in [0, 0.05) is 25.7 Å². The van der Waals surface area contributed by atoms with Gasteiger partial charge in [-0.1, -0.05) is 0 Å². The molecule has 0 aromatic heterocycles. The van der Waals surface area contributed by atoms with Crippen molar-refractivity contribution in [2.45, 2.75) is 24.9 Å². The predicted octanol–water partition coefficient (Wildman–Crippen LogP) is -0.777. The van der Waals surface area contributed by atoms with Gasteiger partial charge in [-0.3, -0.25) is 4.90 Å². The van der Waals surface area contributed by atoms with Gasteiger partial charge < -0.3 is 10.5 Å². The maximum Gasteiger partial charge on any atom is 0.153 e. The van der Waals surface area contributed by atoms with Crippen LogP contribution >= 0.6 is 0 Å². The van der Waals surface area contributed by atoms with Crippen LogP contribution in [0.5, 0.6) is 0 Å². The molecular weight excluding hydrogens is 228 g/mol. The summed E-state index contributed by atoms with van der Waals surface area (Å²) in [5, 5.41) is 0. The third kappa shape index (κ3) is 2.74. The second-order valence-electron chi connectivity index (χ2n) is 5.10. The minimum atomic E-state index is -2.83. The molecule has 0 amide bonds. The van der Waals surface area contributed by atoms with Crippen molar-refractivity contribution in [1.82, 2.24) is 4.90 Å². The molecule has 0 bridgehead atoms. The molecule has 94 valence electrons. The van der Waals surface area contributed by atoms with Gasteiger partial charge in [0.25, 0.3) is 0 Å². The summed E-state index contributed by atoms with van der Waals surface area (Å²) in [6, 6.07) is 0.0692. The SMILES string of the molecule is CC1CS(=O)(=O)CCN1CC1(N)CCOC1. The first-order chi connectivity index (χ1) is 7.40. The smallest absolute Gasteiger partial charge is 0.153 e. The first kappa shape index (κ1) is 12.3. The Morgan fingerprint density at radius 1 is 1.56 bits per heavy atom. The Labute approximate surface area is 96.9 Å². The van der Waals surface area contributed by atoms with Crippen LogP contribution in [0.1, 0.15) is 13.3 Å². The second kappa shape index (κ2) is 4.25. The van der Waals surface area contributed by atoms with E-state index in [2.05, 4.69) is 4.90 Å². The quantitative estimate of drug-likeness (QED) is 0.694. The summed E-state index contributed by atoms with van der Waals surface area (Å²) in [5.41, 5.74) is 5.92. The summed E-state index contributed by atoms with van der Waals surface area (Å²) in [6.45, 7) is 4.60. The zero-order chi connectivity index (χ0) is 11.8. The predicted molar refractivity (Wildman–Crippen MR) is 62.0 cm³/mol. The molecule has 2 fully saturated rings. The van der Waals surface area contributed by atoms with E-state index in [0.717, 1.165) is 19.6 Å². The van der Waals surface area contributed by atoms with Crippen LogP contribution in [-0.4, -0.2) is 62.7 Å². The Hall–Kier alpha value is -0.170. The molecule has 2 N–H and O–H groups in total. The van der Waals surface area contributed by atoms with Gasteiger partial charge in [0.1, 0.15) is 0 Å².